The van der Waals surface area contributed by atoms with Crippen LogP contribution < -0.4 is 5.73 Å². The van der Waals surface area contributed by atoms with Gasteiger partial charge in [-0.1, -0.05) is 27.2 Å². The van der Waals surface area contributed by atoms with Gasteiger partial charge in [0.15, 0.2) is 0 Å². The van der Waals surface area contributed by atoms with Gasteiger partial charge in [-0.25, -0.2) is 0 Å². The molecule has 0 spiro atoms. The van der Waals surface area contributed by atoms with Crippen LogP contribution in [0.2, 0.25) is 0 Å². The quantitative estimate of drug-likeness (QED) is 0.731. The van der Waals surface area contributed by atoms with Crippen LogP contribution in [0, 0.1) is 0 Å². The molecule has 0 bridgehead atoms. The van der Waals surface area contributed by atoms with Crippen LogP contribution in [0.25, 0.3) is 22.8 Å². The van der Waals surface area contributed by atoms with Crippen molar-refractivity contribution >= 4 is 21.6 Å². The molecule has 0 radical (unpaired) electrons. The van der Waals surface area contributed by atoms with Crippen molar-refractivity contribution in [2.24, 2.45) is 0 Å². The first-order valence-electron chi connectivity index (χ1n) is 5.68. The zero-order chi connectivity index (χ0) is 13.2. The molecule has 0 saturated heterocycles. The third-order valence-corrected chi connectivity index (χ3v) is 3.16. The maximum atomic E-state index is 5.65. The molecule has 0 aliphatic rings. The Balaban J connectivity index is 1.97. The van der Waals surface area contributed by atoms with Crippen molar-refractivity contribution < 1.29 is 4.52 Å². The summed E-state index contributed by atoms with van der Waals surface area (Å²) >= 11 is 3.42. The molecule has 5 heteroatoms. The third-order valence-electron chi connectivity index (χ3n) is 2.67. The summed E-state index contributed by atoms with van der Waals surface area (Å²) < 4.78 is 6.25. The highest BCUT2D eigenvalue weighted by atomic mass is 79.9. The van der Waals surface area contributed by atoms with E-state index in [4.69, 9.17) is 10.3 Å². The topological polar surface area (TPSA) is 64.9 Å². The van der Waals surface area contributed by atoms with Crippen LogP contribution in [-0.4, -0.2) is 10.1 Å². The van der Waals surface area contributed by atoms with Gasteiger partial charge in [-0.15, -0.1) is 0 Å². The fourth-order valence-electron chi connectivity index (χ4n) is 1.71. The molecule has 3 aromatic rings. The van der Waals surface area contributed by atoms with Crippen molar-refractivity contribution in [3.8, 4) is 22.8 Å². The molecular formula is C14H10BrN3O. The minimum absolute atomic E-state index is 0.494. The molecule has 3 rings (SSSR count). The highest BCUT2D eigenvalue weighted by Gasteiger charge is 2.10. The Morgan fingerprint density at radius 1 is 1.00 bits per heavy atom. The lowest BCUT2D eigenvalue weighted by atomic mass is 10.2. The van der Waals surface area contributed by atoms with Crippen molar-refractivity contribution in [2.45, 2.75) is 0 Å². The molecule has 1 heterocycles. The first-order valence-corrected chi connectivity index (χ1v) is 6.47. The van der Waals surface area contributed by atoms with Gasteiger partial charge in [-0.05, 0) is 42.5 Å². The van der Waals surface area contributed by atoms with E-state index in [9.17, 15) is 0 Å². The zero-order valence-corrected chi connectivity index (χ0v) is 11.5. The van der Waals surface area contributed by atoms with E-state index in [1.54, 1.807) is 0 Å². The third kappa shape index (κ3) is 2.51. The summed E-state index contributed by atoms with van der Waals surface area (Å²) in [7, 11) is 0. The average molecular weight is 316 g/mol. The van der Waals surface area contributed by atoms with Gasteiger partial charge in [0.2, 0.25) is 5.82 Å². The van der Waals surface area contributed by atoms with E-state index in [0.29, 0.717) is 17.4 Å². The van der Waals surface area contributed by atoms with Crippen molar-refractivity contribution in [2.75, 3.05) is 5.73 Å². The van der Waals surface area contributed by atoms with E-state index in [-0.39, 0.29) is 0 Å². The number of nitrogens with zero attached hydrogens (tertiary/aromatic N) is 2. The normalized spacial score (nSPS) is 10.6. The largest absolute Gasteiger partial charge is 0.399 e. The van der Waals surface area contributed by atoms with E-state index >= 15 is 0 Å². The summed E-state index contributed by atoms with van der Waals surface area (Å²) in [6.07, 6.45) is 0. The standard InChI is InChI=1S/C14H10BrN3O/c15-11-3-1-2-10(8-11)14-17-13(18-19-14)9-4-6-12(16)7-5-9/h1-8H,16H2. The zero-order valence-electron chi connectivity index (χ0n) is 9.88. The molecule has 0 aliphatic carbocycles. The maximum Gasteiger partial charge on any atom is 0.258 e. The molecule has 94 valence electrons. The number of nitrogens with two attached hydrogens (primary N) is 1. The minimum atomic E-state index is 0.494. The van der Waals surface area contributed by atoms with E-state index in [2.05, 4.69) is 26.1 Å². The molecule has 19 heavy (non-hydrogen) atoms. The Kier molecular flexibility index (Phi) is 3.05. The summed E-state index contributed by atoms with van der Waals surface area (Å²) in [4.78, 5) is 4.38. The van der Waals surface area contributed by atoms with Gasteiger partial charge in [0.25, 0.3) is 5.89 Å². The Morgan fingerprint density at radius 2 is 1.79 bits per heavy atom. The van der Waals surface area contributed by atoms with Gasteiger partial charge >= 0.3 is 0 Å². The van der Waals surface area contributed by atoms with E-state index in [1.165, 1.54) is 0 Å². The van der Waals surface area contributed by atoms with Crippen LogP contribution in [0.5, 0.6) is 0 Å². The van der Waals surface area contributed by atoms with Crippen molar-refractivity contribution in [1.29, 1.82) is 0 Å². The molecule has 0 unspecified atom stereocenters. The van der Waals surface area contributed by atoms with Crippen molar-refractivity contribution in [3.05, 3.63) is 53.0 Å². The van der Waals surface area contributed by atoms with Crippen LogP contribution in [0.15, 0.2) is 57.5 Å². The van der Waals surface area contributed by atoms with Crippen LogP contribution >= 0.6 is 15.9 Å². The van der Waals surface area contributed by atoms with Crippen LogP contribution in [0.1, 0.15) is 0 Å². The Labute approximate surface area is 118 Å². The number of hydrogen-bond acceptors (Lipinski definition) is 4. The summed E-state index contributed by atoms with van der Waals surface area (Å²) in [5.41, 5.74) is 8.11. The van der Waals surface area contributed by atoms with E-state index in [0.717, 1.165) is 15.6 Å². The number of benzene rings is 2. The highest BCUT2D eigenvalue weighted by Crippen LogP contribution is 2.24. The van der Waals surface area contributed by atoms with Gasteiger partial charge in [-0.2, -0.15) is 4.98 Å². The first-order chi connectivity index (χ1) is 9.22. The predicted molar refractivity (Wildman–Crippen MR) is 77.3 cm³/mol. The summed E-state index contributed by atoms with van der Waals surface area (Å²) in [6, 6.07) is 15.1. The lowest BCUT2D eigenvalue weighted by molar-refractivity contribution is 0.432. The first kappa shape index (κ1) is 11.9. The number of aromatic nitrogens is 2. The number of nitrogen functional groups attached to an aromatic ring is 1. The molecule has 0 aliphatic heterocycles. The number of halogens is 1. The second-order valence-corrected chi connectivity index (χ2v) is 4.97. The van der Waals surface area contributed by atoms with Gasteiger partial charge < -0.3 is 10.3 Å². The van der Waals surface area contributed by atoms with Gasteiger partial charge in [-0.3, -0.25) is 0 Å². The molecule has 2 aromatic carbocycles. The summed E-state index contributed by atoms with van der Waals surface area (Å²) in [5.74, 6) is 1.04. The molecule has 2 N–H and O–H groups in total. The van der Waals surface area contributed by atoms with Gasteiger partial charge in [0, 0.05) is 21.3 Å². The molecular weight excluding hydrogens is 306 g/mol. The SMILES string of the molecule is Nc1ccc(-c2noc(-c3cccc(Br)c3)n2)cc1. The fraction of sp³-hybridized carbons (Fsp3) is 0. The lowest BCUT2D eigenvalue weighted by Crippen LogP contribution is -1.85. The molecule has 4 nitrogen and oxygen atoms in total. The average Bonchev–Trinajstić information content (AvgIpc) is 2.89. The monoisotopic (exact) mass is 315 g/mol. The van der Waals surface area contributed by atoms with Crippen LogP contribution in [0.3, 0.4) is 0 Å². The van der Waals surface area contributed by atoms with Crippen LogP contribution in [-0.2, 0) is 0 Å². The smallest absolute Gasteiger partial charge is 0.258 e. The summed E-state index contributed by atoms with van der Waals surface area (Å²) in [6.45, 7) is 0. The molecule has 0 saturated carbocycles. The van der Waals surface area contributed by atoms with Crippen molar-refractivity contribution in [3.63, 3.8) is 0 Å². The minimum Gasteiger partial charge on any atom is -0.399 e. The van der Waals surface area contributed by atoms with E-state index < -0.39 is 0 Å². The van der Waals surface area contributed by atoms with E-state index in [1.807, 2.05) is 48.5 Å². The van der Waals surface area contributed by atoms with Gasteiger partial charge in [0.05, 0.1) is 0 Å². The van der Waals surface area contributed by atoms with Crippen molar-refractivity contribution in [1.82, 2.24) is 10.1 Å². The van der Waals surface area contributed by atoms with Gasteiger partial charge in [0.1, 0.15) is 0 Å². The number of hydrogen-bond donors (Lipinski definition) is 1. The lowest BCUT2D eigenvalue weighted by Gasteiger charge is -1.95. The molecule has 1 aromatic heterocycles. The Morgan fingerprint density at radius 3 is 2.53 bits per heavy atom. The Bertz CT molecular complexity index is 707. The summed E-state index contributed by atoms with van der Waals surface area (Å²) in [5, 5.41) is 3.98. The maximum absolute atomic E-state index is 5.65. The molecule has 0 fully saturated rings. The van der Waals surface area contributed by atoms with Crippen LogP contribution in [0.4, 0.5) is 5.69 Å². The number of rotatable bonds is 2. The fourth-order valence-corrected chi connectivity index (χ4v) is 2.11. The highest BCUT2D eigenvalue weighted by molar-refractivity contribution is 9.10. The number of anilines is 1. The second kappa shape index (κ2) is 4.85. The Hall–Kier alpha value is -2.14. The molecule has 0 atom stereocenters. The molecule has 0 amide bonds. The second-order valence-electron chi connectivity index (χ2n) is 4.06. The predicted octanol–water partition coefficient (Wildman–Crippen LogP) is 3.75.